The Morgan fingerprint density at radius 1 is 1.17 bits per heavy atom. The standard InChI is InChI=1S/C25H26FN7O3/c1-13(2)32-23(35)17-12-28-24(29-15-6-5-14-9-10-27-22(34)16(14)11-15)31-21(17)33(32)19-8-7-18(26)20(30-19)25(3,4)36/h5-8,11-13,36H,9-10H2,1-4H3,(H,27,34)(H,28,29,31). The van der Waals surface area contributed by atoms with Gasteiger partial charge in [0.2, 0.25) is 5.95 Å². The minimum absolute atomic E-state index is 0.135. The van der Waals surface area contributed by atoms with Crippen LogP contribution in [-0.2, 0) is 12.0 Å². The third kappa shape index (κ3) is 4.01. The van der Waals surface area contributed by atoms with Crippen molar-refractivity contribution in [2.45, 2.75) is 45.8 Å². The average Bonchev–Trinajstić information content (AvgIpc) is 3.11. The highest BCUT2D eigenvalue weighted by Crippen LogP contribution is 2.26. The first-order valence-corrected chi connectivity index (χ1v) is 11.6. The molecule has 0 unspecified atom stereocenters. The van der Waals surface area contributed by atoms with Crippen LogP contribution in [0.5, 0.6) is 0 Å². The van der Waals surface area contributed by atoms with Crippen LogP contribution in [0.1, 0.15) is 55.4 Å². The van der Waals surface area contributed by atoms with Crippen LogP contribution in [0.3, 0.4) is 0 Å². The van der Waals surface area contributed by atoms with Crippen molar-refractivity contribution in [2.24, 2.45) is 0 Å². The van der Waals surface area contributed by atoms with Crippen LogP contribution in [0.15, 0.2) is 41.3 Å². The molecule has 4 heterocycles. The van der Waals surface area contributed by atoms with Gasteiger partial charge >= 0.3 is 0 Å². The number of nitrogens with one attached hydrogen (secondary N) is 2. The van der Waals surface area contributed by atoms with E-state index in [1.54, 1.807) is 6.07 Å². The zero-order valence-electron chi connectivity index (χ0n) is 20.3. The van der Waals surface area contributed by atoms with E-state index in [0.29, 0.717) is 17.8 Å². The topological polar surface area (TPSA) is 127 Å². The first-order chi connectivity index (χ1) is 17.0. The molecule has 1 aliphatic heterocycles. The van der Waals surface area contributed by atoms with Crippen molar-refractivity contribution in [1.29, 1.82) is 0 Å². The van der Waals surface area contributed by atoms with Crippen LogP contribution in [0.25, 0.3) is 16.9 Å². The summed E-state index contributed by atoms with van der Waals surface area (Å²) >= 11 is 0. The number of nitrogens with zero attached hydrogens (tertiary/aromatic N) is 5. The second kappa shape index (κ2) is 8.52. The number of hydrogen-bond acceptors (Lipinski definition) is 7. The molecule has 0 fully saturated rings. The quantitative estimate of drug-likeness (QED) is 0.392. The third-order valence-electron chi connectivity index (χ3n) is 6.03. The van der Waals surface area contributed by atoms with E-state index in [2.05, 4.69) is 25.6 Å². The van der Waals surface area contributed by atoms with Crippen LogP contribution >= 0.6 is 0 Å². The van der Waals surface area contributed by atoms with Gasteiger partial charge in [0.15, 0.2) is 11.5 Å². The molecular formula is C25H26FN7O3. The Morgan fingerprint density at radius 2 is 1.94 bits per heavy atom. The third-order valence-corrected chi connectivity index (χ3v) is 6.03. The van der Waals surface area contributed by atoms with Crippen molar-refractivity contribution >= 4 is 28.6 Å². The lowest BCUT2D eigenvalue weighted by Gasteiger charge is -2.20. The summed E-state index contributed by atoms with van der Waals surface area (Å²) in [5, 5.41) is 16.6. The molecule has 4 aromatic rings. The van der Waals surface area contributed by atoms with Crippen molar-refractivity contribution in [3.05, 3.63) is 69.5 Å². The van der Waals surface area contributed by atoms with Gasteiger partial charge < -0.3 is 15.7 Å². The smallest absolute Gasteiger partial charge is 0.278 e. The molecule has 0 bridgehead atoms. The predicted molar refractivity (Wildman–Crippen MR) is 132 cm³/mol. The molecule has 0 spiro atoms. The van der Waals surface area contributed by atoms with Crippen molar-refractivity contribution in [3.8, 4) is 5.82 Å². The molecular weight excluding hydrogens is 465 g/mol. The van der Waals surface area contributed by atoms with E-state index in [9.17, 15) is 19.1 Å². The van der Waals surface area contributed by atoms with E-state index in [-0.39, 0.29) is 46.0 Å². The van der Waals surface area contributed by atoms with Gasteiger partial charge in [-0.3, -0.25) is 9.59 Å². The zero-order chi connectivity index (χ0) is 25.8. The minimum atomic E-state index is -1.54. The fraction of sp³-hybridized carbons (Fsp3) is 0.320. The van der Waals surface area contributed by atoms with E-state index in [1.807, 2.05) is 26.0 Å². The summed E-state index contributed by atoms with van der Waals surface area (Å²) in [5.74, 6) is -0.360. The molecule has 0 saturated carbocycles. The molecule has 0 radical (unpaired) electrons. The molecule has 0 saturated heterocycles. The molecule has 11 heteroatoms. The van der Waals surface area contributed by atoms with Gasteiger partial charge in [0, 0.05) is 30.0 Å². The van der Waals surface area contributed by atoms with Gasteiger partial charge in [-0.1, -0.05) is 6.07 Å². The summed E-state index contributed by atoms with van der Waals surface area (Å²) in [6, 6.07) is 7.82. The number of benzene rings is 1. The summed E-state index contributed by atoms with van der Waals surface area (Å²) in [6.07, 6.45) is 2.18. The molecule has 10 nitrogen and oxygen atoms in total. The maximum atomic E-state index is 14.4. The van der Waals surface area contributed by atoms with Gasteiger partial charge in [-0.05, 0) is 63.9 Å². The SMILES string of the molecule is CC(C)n1c(=O)c2cnc(Nc3ccc4c(c3)C(=O)NCC4)nc2n1-c1ccc(F)c(C(C)(C)O)n1. The van der Waals surface area contributed by atoms with Crippen molar-refractivity contribution < 1.29 is 14.3 Å². The van der Waals surface area contributed by atoms with Crippen molar-refractivity contribution in [2.75, 3.05) is 11.9 Å². The van der Waals surface area contributed by atoms with Crippen LogP contribution in [0.4, 0.5) is 16.0 Å². The lowest BCUT2D eigenvalue weighted by molar-refractivity contribution is 0.0693. The Morgan fingerprint density at radius 3 is 2.67 bits per heavy atom. The van der Waals surface area contributed by atoms with Gasteiger partial charge in [-0.2, -0.15) is 4.98 Å². The number of aliphatic hydroxyl groups is 1. The highest BCUT2D eigenvalue weighted by Gasteiger charge is 2.26. The maximum Gasteiger partial charge on any atom is 0.278 e. The Bertz CT molecular complexity index is 1570. The molecule has 1 aliphatic rings. The molecule has 3 aromatic heterocycles. The predicted octanol–water partition coefficient (Wildman–Crippen LogP) is 2.95. The maximum absolute atomic E-state index is 14.4. The first kappa shape index (κ1) is 23.6. The number of amides is 1. The summed E-state index contributed by atoms with van der Waals surface area (Å²) in [4.78, 5) is 38.7. The molecule has 0 atom stereocenters. The van der Waals surface area contributed by atoms with E-state index >= 15 is 0 Å². The van der Waals surface area contributed by atoms with Crippen molar-refractivity contribution in [1.82, 2.24) is 29.6 Å². The number of aromatic nitrogens is 5. The highest BCUT2D eigenvalue weighted by atomic mass is 19.1. The Hall–Kier alpha value is -4.12. The Kier molecular flexibility index (Phi) is 5.59. The van der Waals surface area contributed by atoms with Gasteiger partial charge in [-0.25, -0.2) is 23.7 Å². The second-order valence-electron chi connectivity index (χ2n) is 9.55. The van der Waals surface area contributed by atoms with Crippen molar-refractivity contribution in [3.63, 3.8) is 0 Å². The summed E-state index contributed by atoms with van der Waals surface area (Å²) in [6.45, 7) is 7.16. The average molecular weight is 492 g/mol. The summed E-state index contributed by atoms with van der Waals surface area (Å²) in [7, 11) is 0. The highest BCUT2D eigenvalue weighted by molar-refractivity contribution is 5.97. The molecule has 0 aliphatic carbocycles. The van der Waals surface area contributed by atoms with E-state index in [1.165, 1.54) is 41.5 Å². The fourth-order valence-electron chi connectivity index (χ4n) is 4.34. The summed E-state index contributed by atoms with van der Waals surface area (Å²) in [5.41, 5.74) is 0.428. The van der Waals surface area contributed by atoms with Crippen LogP contribution < -0.4 is 16.2 Å². The Labute approximate surface area is 205 Å². The number of hydrogen-bond donors (Lipinski definition) is 3. The lowest BCUT2D eigenvalue weighted by atomic mass is 10.00. The fourth-order valence-corrected chi connectivity index (χ4v) is 4.34. The number of fused-ring (bicyclic) bond motifs is 2. The second-order valence-corrected chi connectivity index (χ2v) is 9.55. The van der Waals surface area contributed by atoms with Crippen LogP contribution in [0, 0.1) is 5.82 Å². The normalized spacial score (nSPS) is 13.7. The molecule has 3 N–H and O–H groups in total. The number of halogens is 1. The molecule has 1 amide bonds. The molecule has 36 heavy (non-hydrogen) atoms. The lowest BCUT2D eigenvalue weighted by Crippen LogP contribution is -2.31. The first-order valence-electron chi connectivity index (χ1n) is 11.6. The van der Waals surface area contributed by atoms with E-state index in [4.69, 9.17) is 0 Å². The number of carbonyl (C=O) groups excluding carboxylic acids is 1. The number of anilines is 2. The number of pyridine rings is 1. The largest absolute Gasteiger partial charge is 0.384 e. The monoisotopic (exact) mass is 491 g/mol. The number of rotatable bonds is 5. The van der Waals surface area contributed by atoms with E-state index < -0.39 is 11.4 Å². The molecule has 186 valence electrons. The molecule has 1 aromatic carbocycles. The van der Waals surface area contributed by atoms with Gasteiger partial charge in [0.1, 0.15) is 22.5 Å². The van der Waals surface area contributed by atoms with E-state index in [0.717, 1.165) is 12.0 Å². The van der Waals surface area contributed by atoms with Gasteiger partial charge in [0.25, 0.3) is 11.5 Å². The minimum Gasteiger partial charge on any atom is -0.384 e. The Balaban J connectivity index is 1.65. The van der Waals surface area contributed by atoms with Crippen LogP contribution in [-0.4, -0.2) is 41.9 Å². The van der Waals surface area contributed by atoms with Gasteiger partial charge in [-0.15, -0.1) is 0 Å². The molecule has 5 rings (SSSR count). The summed E-state index contributed by atoms with van der Waals surface area (Å²) < 4.78 is 17.4. The van der Waals surface area contributed by atoms with Gasteiger partial charge in [0.05, 0.1) is 0 Å². The zero-order valence-corrected chi connectivity index (χ0v) is 20.3. The van der Waals surface area contributed by atoms with Crippen LogP contribution in [0.2, 0.25) is 0 Å². The number of carbonyl (C=O) groups is 1.